The van der Waals surface area contributed by atoms with Gasteiger partial charge in [-0.1, -0.05) is 6.92 Å². The van der Waals surface area contributed by atoms with Crippen molar-refractivity contribution in [3.05, 3.63) is 29.8 Å². The lowest BCUT2D eigenvalue weighted by Gasteiger charge is -2.34. The second kappa shape index (κ2) is 8.68. The molecule has 24 heavy (non-hydrogen) atoms. The van der Waals surface area contributed by atoms with E-state index in [1.807, 2.05) is 6.92 Å². The van der Waals surface area contributed by atoms with Gasteiger partial charge in [0, 0.05) is 38.8 Å². The van der Waals surface area contributed by atoms with Crippen molar-refractivity contribution in [3.8, 4) is 5.75 Å². The topological polar surface area (TPSA) is 76.1 Å². The Morgan fingerprint density at radius 1 is 1.21 bits per heavy atom. The third kappa shape index (κ3) is 4.96. The Hall–Kier alpha value is -2.08. The van der Waals surface area contributed by atoms with Crippen molar-refractivity contribution in [2.24, 2.45) is 11.8 Å². The number of hydrogen-bond acceptors (Lipinski definition) is 4. The number of ether oxygens (including phenoxy) is 2. The molecule has 0 radical (unpaired) electrons. The van der Waals surface area contributed by atoms with Gasteiger partial charge in [-0.2, -0.15) is 0 Å². The van der Waals surface area contributed by atoms with Gasteiger partial charge in [0.1, 0.15) is 5.75 Å². The highest BCUT2D eigenvalue weighted by molar-refractivity contribution is 5.94. The molecule has 0 aliphatic carbocycles. The number of carboxylic acids is 1. The summed E-state index contributed by atoms with van der Waals surface area (Å²) in [6.45, 7) is 4.05. The molecule has 2 unspecified atom stereocenters. The molecular formula is C18H25NO5. The van der Waals surface area contributed by atoms with Crippen molar-refractivity contribution >= 4 is 11.9 Å². The zero-order valence-electron chi connectivity index (χ0n) is 14.2. The summed E-state index contributed by atoms with van der Waals surface area (Å²) in [7, 11) is 1.65. The number of hydrogen-bond donors (Lipinski definition) is 1. The third-order valence-corrected chi connectivity index (χ3v) is 4.16. The molecule has 0 spiro atoms. The molecule has 1 aromatic rings. The number of carbonyl (C=O) groups excluding carboxylic acids is 1. The molecule has 1 N–H and O–H groups in total. The van der Waals surface area contributed by atoms with Gasteiger partial charge in [-0.05, 0) is 36.6 Å². The van der Waals surface area contributed by atoms with E-state index in [0.29, 0.717) is 37.5 Å². The molecule has 132 valence electrons. The number of piperidine rings is 1. The molecule has 6 nitrogen and oxygen atoms in total. The second-order valence-electron chi connectivity index (χ2n) is 6.31. The predicted molar refractivity (Wildman–Crippen MR) is 89.2 cm³/mol. The minimum Gasteiger partial charge on any atom is -0.494 e. The minimum absolute atomic E-state index is 0.126. The van der Waals surface area contributed by atoms with Crippen molar-refractivity contribution in [2.45, 2.75) is 19.8 Å². The molecule has 2 atom stereocenters. The molecule has 1 amide bonds. The van der Waals surface area contributed by atoms with Gasteiger partial charge in [0.15, 0.2) is 0 Å². The summed E-state index contributed by atoms with van der Waals surface area (Å²) in [5, 5.41) is 9.22. The zero-order chi connectivity index (χ0) is 17.5. The van der Waals surface area contributed by atoms with Crippen LogP contribution in [0.5, 0.6) is 5.75 Å². The summed E-state index contributed by atoms with van der Waals surface area (Å²) >= 11 is 0. The number of benzene rings is 1. The Morgan fingerprint density at radius 3 is 2.54 bits per heavy atom. The van der Waals surface area contributed by atoms with Crippen LogP contribution in [0.4, 0.5) is 0 Å². The minimum atomic E-state index is -0.834. The lowest BCUT2D eigenvalue weighted by molar-refractivity contribution is -0.143. The van der Waals surface area contributed by atoms with Crippen LogP contribution in [-0.4, -0.2) is 55.3 Å². The Kier molecular flexibility index (Phi) is 6.61. The highest BCUT2D eigenvalue weighted by Gasteiger charge is 2.32. The van der Waals surface area contributed by atoms with Crippen LogP contribution in [0.1, 0.15) is 30.1 Å². The normalized spacial score (nSPS) is 20.7. The number of methoxy groups -OCH3 is 1. The van der Waals surface area contributed by atoms with E-state index in [2.05, 4.69) is 0 Å². The van der Waals surface area contributed by atoms with Crippen molar-refractivity contribution < 1.29 is 24.2 Å². The molecule has 0 saturated carbocycles. The van der Waals surface area contributed by atoms with Crippen LogP contribution in [0.15, 0.2) is 24.3 Å². The molecule has 6 heteroatoms. The summed E-state index contributed by atoms with van der Waals surface area (Å²) < 4.78 is 10.5. The lowest BCUT2D eigenvalue weighted by Crippen LogP contribution is -2.45. The maximum Gasteiger partial charge on any atom is 0.308 e. The summed E-state index contributed by atoms with van der Waals surface area (Å²) in [6.07, 6.45) is 1.42. The molecule has 0 bridgehead atoms. The lowest BCUT2D eigenvalue weighted by atomic mass is 9.90. The highest BCUT2D eigenvalue weighted by atomic mass is 16.5. The van der Waals surface area contributed by atoms with E-state index in [-0.39, 0.29) is 18.4 Å². The highest BCUT2D eigenvalue weighted by Crippen LogP contribution is 2.24. The Labute approximate surface area is 142 Å². The fraction of sp³-hybridized carbons (Fsp3) is 0.556. The van der Waals surface area contributed by atoms with E-state index in [9.17, 15) is 14.7 Å². The first-order valence-corrected chi connectivity index (χ1v) is 8.25. The Balaban J connectivity index is 1.95. The standard InChI is InChI=1S/C18H25NO5/c1-13-10-15(18(21)22)12-19(11-13)17(20)14-4-6-16(7-5-14)24-9-3-8-23-2/h4-7,13,15H,3,8-12H2,1-2H3,(H,21,22). The summed E-state index contributed by atoms with van der Waals surface area (Å²) in [4.78, 5) is 25.5. The van der Waals surface area contributed by atoms with Crippen LogP contribution >= 0.6 is 0 Å². The van der Waals surface area contributed by atoms with E-state index in [4.69, 9.17) is 9.47 Å². The number of nitrogens with zero attached hydrogens (tertiary/aromatic N) is 1. The maximum atomic E-state index is 12.6. The van der Waals surface area contributed by atoms with Gasteiger partial charge in [-0.3, -0.25) is 9.59 Å². The Morgan fingerprint density at radius 2 is 1.92 bits per heavy atom. The summed E-state index contributed by atoms with van der Waals surface area (Å²) in [5.74, 6) is -0.552. The van der Waals surface area contributed by atoms with E-state index < -0.39 is 11.9 Å². The maximum absolute atomic E-state index is 12.6. The van der Waals surface area contributed by atoms with E-state index in [0.717, 1.165) is 6.42 Å². The number of aliphatic carboxylic acids is 1. The first-order valence-electron chi connectivity index (χ1n) is 8.25. The van der Waals surface area contributed by atoms with Crippen molar-refractivity contribution in [3.63, 3.8) is 0 Å². The average Bonchev–Trinajstić information content (AvgIpc) is 2.58. The van der Waals surface area contributed by atoms with Crippen LogP contribution < -0.4 is 4.74 Å². The first-order chi connectivity index (χ1) is 11.5. The van der Waals surface area contributed by atoms with Crippen LogP contribution in [0, 0.1) is 11.8 Å². The molecule has 2 rings (SSSR count). The van der Waals surface area contributed by atoms with E-state index in [1.165, 1.54) is 0 Å². The quantitative estimate of drug-likeness (QED) is 0.774. The third-order valence-electron chi connectivity index (χ3n) is 4.16. The molecular weight excluding hydrogens is 310 g/mol. The van der Waals surface area contributed by atoms with Crippen molar-refractivity contribution in [1.82, 2.24) is 4.90 Å². The van der Waals surface area contributed by atoms with Crippen LogP contribution in [0.25, 0.3) is 0 Å². The number of likely N-dealkylation sites (tertiary alicyclic amines) is 1. The number of carbonyl (C=O) groups is 2. The van der Waals surface area contributed by atoms with Gasteiger partial charge in [0.2, 0.25) is 0 Å². The van der Waals surface area contributed by atoms with Crippen molar-refractivity contribution in [2.75, 3.05) is 33.4 Å². The molecule has 1 fully saturated rings. The van der Waals surface area contributed by atoms with Gasteiger partial charge in [0.05, 0.1) is 12.5 Å². The van der Waals surface area contributed by atoms with Gasteiger partial charge in [-0.25, -0.2) is 0 Å². The molecule has 1 aliphatic heterocycles. The van der Waals surface area contributed by atoms with E-state index in [1.54, 1.807) is 36.3 Å². The fourth-order valence-electron chi connectivity index (χ4n) is 2.97. The smallest absolute Gasteiger partial charge is 0.308 e. The van der Waals surface area contributed by atoms with Crippen LogP contribution in [0.3, 0.4) is 0 Å². The summed E-state index contributed by atoms with van der Waals surface area (Å²) in [5.41, 5.74) is 0.553. The van der Waals surface area contributed by atoms with Gasteiger partial charge < -0.3 is 19.5 Å². The molecule has 1 heterocycles. The number of amides is 1. The SMILES string of the molecule is COCCCOc1ccc(C(=O)N2CC(C)CC(C(=O)O)C2)cc1. The second-order valence-corrected chi connectivity index (χ2v) is 6.31. The van der Waals surface area contributed by atoms with Gasteiger partial charge in [0.25, 0.3) is 5.91 Å². The van der Waals surface area contributed by atoms with Gasteiger partial charge >= 0.3 is 5.97 Å². The fourth-order valence-corrected chi connectivity index (χ4v) is 2.97. The molecule has 1 saturated heterocycles. The molecule has 0 aromatic heterocycles. The number of carboxylic acid groups (broad SMARTS) is 1. The first kappa shape index (κ1) is 18.3. The molecule has 1 aromatic carbocycles. The van der Waals surface area contributed by atoms with Crippen LogP contribution in [-0.2, 0) is 9.53 Å². The number of rotatable bonds is 7. The predicted octanol–water partition coefficient (Wildman–Crippen LogP) is 2.28. The van der Waals surface area contributed by atoms with E-state index >= 15 is 0 Å². The zero-order valence-corrected chi connectivity index (χ0v) is 14.2. The monoisotopic (exact) mass is 335 g/mol. The van der Waals surface area contributed by atoms with Gasteiger partial charge in [-0.15, -0.1) is 0 Å². The summed E-state index contributed by atoms with van der Waals surface area (Å²) in [6, 6.07) is 6.98. The average molecular weight is 335 g/mol. The molecule has 1 aliphatic rings. The van der Waals surface area contributed by atoms with Crippen molar-refractivity contribution in [1.29, 1.82) is 0 Å². The largest absolute Gasteiger partial charge is 0.494 e. The van der Waals surface area contributed by atoms with Crippen LogP contribution in [0.2, 0.25) is 0 Å². The Bertz CT molecular complexity index is 557.